The van der Waals surface area contributed by atoms with E-state index < -0.39 is 6.29 Å². The molecular formula is C9H17O2. The average Bonchev–Trinajstić information content (AvgIpc) is 2.03. The fourth-order valence-electron chi connectivity index (χ4n) is 1.63. The summed E-state index contributed by atoms with van der Waals surface area (Å²) >= 11 is 0. The summed E-state index contributed by atoms with van der Waals surface area (Å²) in [7, 11) is 0. The monoisotopic (exact) mass is 157 g/mol. The molecule has 0 aromatic rings. The summed E-state index contributed by atoms with van der Waals surface area (Å²) in [5.74, 6) is 0.667. The standard InChI is InChI=1S/C9H17O2/c1-8(10)11-7-9-5-3-2-4-6-9/h8-9H,2-7H2,1H3. The van der Waals surface area contributed by atoms with Gasteiger partial charge in [0, 0.05) is 0 Å². The van der Waals surface area contributed by atoms with E-state index in [4.69, 9.17) is 4.74 Å². The molecule has 1 radical (unpaired) electrons. The van der Waals surface area contributed by atoms with E-state index in [0.717, 1.165) is 0 Å². The Morgan fingerprint density at radius 3 is 2.55 bits per heavy atom. The normalized spacial score (nSPS) is 23.5. The second-order valence-corrected chi connectivity index (χ2v) is 3.40. The molecule has 1 atom stereocenters. The molecule has 1 saturated carbocycles. The zero-order chi connectivity index (χ0) is 8.10. The van der Waals surface area contributed by atoms with Gasteiger partial charge in [0.1, 0.15) is 0 Å². The quantitative estimate of drug-likeness (QED) is 0.578. The van der Waals surface area contributed by atoms with E-state index >= 15 is 0 Å². The van der Waals surface area contributed by atoms with Crippen molar-refractivity contribution in [1.82, 2.24) is 0 Å². The molecule has 0 N–H and O–H groups in total. The third-order valence-corrected chi connectivity index (χ3v) is 2.29. The van der Waals surface area contributed by atoms with Crippen molar-refractivity contribution < 1.29 is 9.84 Å². The molecule has 0 aromatic heterocycles. The minimum absolute atomic E-state index is 0.667. The minimum Gasteiger partial charge on any atom is -0.350 e. The SMILES string of the molecule is CC([O])OCC1CCCCC1. The van der Waals surface area contributed by atoms with Gasteiger partial charge in [0.05, 0.1) is 6.61 Å². The van der Waals surface area contributed by atoms with Gasteiger partial charge in [-0.1, -0.05) is 19.3 Å². The van der Waals surface area contributed by atoms with Crippen molar-refractivity contribution in [2.45, 2.75) is 45.3 Å². The van der Waals surface area contributed by atoms with Crippen molar-refractivity contribution in [3.8, 4) is 0 Å². The van der Waals surface area contributed by atoms with E-state index in [1.54, 1.807) is 6.92 Å². The Kier molecular flexibility index (Phi) is 3.87. The molecule has 0 aliphatic heterocycles. The van der Waals surface area contributed by atoms with Crippen molar-refractivity contribution in [3.63, 3.8) is 0 Å². The second kappa shape index (κ2) is 4.73. The third kappa shape index (κ3) is 3.73. The largest absolute Gasteiger partial charge is 0.350 e. The van der Waals surface area contributed by atoms with E-state index in [-0.39, 0.29) is 0 Å². The van der Waals surface area contributed by atoms with Crippen LogP contribution < -0.4 is 0 Å². The van der Waals surface area contributed by atoms with Crippen LogP contribution in [-0.4, -0.2) is 12.9 Å². The summed E-state index contributed by atoms with van der Waals surface area (Å²) in [5, 5.41) is 10.5. The van der Waals surface area contributed by atoms with Crippen LogP contribution in [0.5, 0.6) is 0 Å². The summed E-state index contributed by atoms with van der Waals surface area (Å²) in [4.78, 5) is 0. The summed E-state index contributed by atoms with van der Waals surface area (Å²) < 4.78 is 5.03. The first-order valence-corrected chi connectivity index (χ1v) is 4.56. The van der Waals surface area contributed by atoms with E-state index in [9.17, 15) is 5.11 Å². The predicted octanol–water partition coefficient (Wildman–Crippen LogP) is 2.36. The highest BCUT2D eigenvalue weighted by Crippen LogP contribution is 2.23. The van der Waals surface area contributed by atoms with E-state index in [2.05, 4.69) is 0 Å². The van der Waals surface area contributed by atoms with Crippen LogP contribution in [0.4, 0.5) is 0 Å². The second-order valence-electron chi connectivity index (χ2n) is 3.40. The first-order valence-electron chi connectivity index (χ1n) is 4.56. The van der Waals surface area contributed by atoms with Gasteiger partial charge in [-0.15, -0.1) is 0 Å². The van der Waals surface area contributed by atoms with Crippen LogP contribution >= 0.6 is 0 Å². The maximum Gasteiger partial charge on any atom is 0.188 e. The highest BCUT2D eigenvalue weighted by atomic mass is 16.6. The van der Waals surface area contributed by atoms with Crippen molar-refractivity contribution in [1.29, 1.82) is 0 Å². The Balaban J connectivity index is 2.05. The maximum absolute atomic E-state index is 10.5. The molecule has 1 rings (SSSR count). The van der Waals surface area contributed by atoms with Gasteiger partial charge in [0.15, 0.2) is 6.29 Å². The fraction of sp³-hybridized carbons (Fsp3) is 1.00. The smallest absolute Gasteiger partial charge is 0.188 e. The number of ether oxygens (including phenoxy) is 1. The Hall–Kier alpha value is -0.0800. The van der Waals surface area contributed by atoms with Crippen LogP contribution in [0.3, 0.4) is 0 Å². The average molecular weight is 157 g/mol. The summed E-state index contributed by atoms with van der Waals surface area (Å²) in [6, 6.07) is 0. The molecule has 0 heterocycles. The minimum atomic E-state index is -0.836. The van der Waals surface area contributed by atoms with Gasteiger partial charge in [-0.3, -0.25) is 0 Å². The fourth-order valence-corrected chi connectivity index (χ4v) is 1.63. The lowest BCUT2D eigenvalue weighted by Gasteiger charge is -2.21. The molecule has 1 unspecified atom stereocenters. The molecular weight excluding hydrogens is 140 g/mol. The van der Waals surface area contributed by atoms with Crippen LogP contribution in [0.25, 0.3) is 0 Å². The number of hydrogen-bond acceptors (Lipinski definition) is 1. The molecule has 11 heavy (non-hydrogen) atoms. The van der Waals surface area contributed by atoms with Gasteiger partial charge >= 0.3 is 0 Å². The van der Waals surface area contributed by atoms with Crippen LogP contribution in [0.1, 0.15) is 39.0 Å². The Morgan fingerprint density at radius 1 is 1.36 bits per heavy atom. The van der Waals surface area contributed by atoms with Gasteiger partial charge in [-0.05, 0) is 25.7 Å². The molecule has 0 aromatic carbocycles. The lowest BCUT2D eigenvalue weighted by atomic mass is 9.90. The van der Waals surface area contributed by atoms with Crippen LogP contribution in [-0.2, 0) is 9.84 Å². The van der Waals surface area contributed by atoms with Gasteiger partial charge in [0.2, 0.25) is 0 Å². The van der Waals surface area contributed by atoms with Crippen molar-refractivity contribution in [3.05, 3.63) is 0 Å². The van der Waals surface area contributed by atoms with E-state index in [1.807, 2.05) is 0 Å². The maximum atomic E-state index is 10.5. The summed E-state index contributed by atoms with van der Waals surface area (Å²) in [6.45, 7) is 2.24. The molecule has 0 saturated heterocycles. The Morgan fingerprint density at radius 2 is 2.00 bits per heavy atom. The van der Waals surface area contributed by atoms with Crippen molar-refractivity contribution in [2.24, 2.45) is 5.92 Å². The molecule has 1 fully saturated rings. The molecule has 1 aliphatic carbocycles. The van der Waals surface area contributed by atoms with Crippen LogP contribution in [0.15, 0.2) is 0 Å². The predicted molar refractivity (Wildman–Crippen MR) is 42.7 cm³/mol. The lowest BCUT2D eigenvalue weighted by Crippen LogP contribution is -2.16. The van der Waals surface area contributed by atoms with Crippen LogP contribution in [0.2, 0.25) is 0 Å². The highest BCUT2D eigenvalue weighted by molar-refractivity contribution is 4.64. The topological polar surface area (TPSA) is 29.1 Å². The first kappa shape index (κ1) is 9.01. The lowest BCUT2D eigenvalue weighted by molar-refractivity contribution is -0.137. The first-order chi connectivity index (χ1) is 5.29. The zero-order valence-corrected chi connectivity index (χ0v) is 7.21. The van der Waals surface area contributed by atoms with Crippen LogP contribution in [0, 0.1) is 5.92 Å². The zero-order valence-electron chi connectivity index (χ0n) is 7.21. The molecule has 0 bridgehead atoms. The molecule has 2 nitrogen and oxygen atoms in total. The molecule has 65 valence electrons. The molecule has 0 spiro atoms. The van der Waals surface area contributed by atoms with E-state index in [0.29, 0.717) is 12.5 Å². The number of hydrogen-bond donors (Lipinski definition) is 0. The van der Waals surface area contributed by atoms with Crippen molar-refractivity contribution in [2.75, 3.05) is 6.61 Å². The summed E-state index contributed by atoms with van der Waals surface area (Å²) in [6.07, 6.45) is 5.68. The van der Waals surface area contributed by atoms with Crippen molar-refractivity contribution >= 4 is 0 Å². The van der Waals surface area contributed by atoms with E-state index in [1.165, 1.54) is 32.1 Å². The van der Waals surface area contributed by atoms with Gasteiger partial charge in [-0.2, -0.15) is 0 Å². The van der Waals surface area contributed by atoms with Gasteiger partial charge in [-0.25, -0.2) is 5.11 Å². The molecule has 0 amide bonds. The van der Waals surface area contributed by atoms with Gasteiger partial charge < -0.3 is 4.74 Å². The summed E-state index contributed by atoms with van der Waals surface area (Å²) in [5.41, 5.74) is 0. The van der Waals surface area contributed by atoms with Gasteiger partial charge in [0.25, 0.3) is 0 Å². The highest BCUT2D eigenvalue weighted by Gasteiger charge is 2.14. The Labute approximate surface area is 68.6 Å². The number of rotatable bonds is 3. The third-order valence-electron chi connectivity index (χ3n) is 2.29. The molecule has 2 heteroatoms. The Bertz CT molecular complexity index is 95.7. The molecule has 1 aliphatic rings.